The zero-order chi connectivity index (χ0) is 15.5. The maximum Gasteiger partial charge on any atom is 0.259 e. The van der Waals surface area contributed by atoms with Crippen molar-refractivity contribution in [1.29, 1.82) is 0 Å². The highest BCUT2D eigenvalue weighted by Gasteiger charge is 2.18. The molecule has 0 saturated heterocycles. The second-order valence-electron chi connectivity index (χ2n) is 4.84. The van der Waals surface area contributed by atoms with Gasteiger partial charge in [-0.3, -0.25) is 19.1 Å². The molecule has 0 aliphatic rings. The monoisotopic (exact) mass is 296 g/mol. The Labute approximate surface area is 127 Å². The molecule has 3 heterocycles. The molecule has 7 heteroatoms. The van der Waals surface area contributed by atoms with Crippen molar-refractivity contribution in [3.8, 4) is 11.3 Å². The molecule has 3 aromatic heterocycles. The fraction of sp³-hybridized carbons (Fsp3) is 0.200. The van der Waals surface area contributed by atoms with Crippen LogP contribution in [0, 0.1) is 0 Å². The predicted molar refractivity (Wildman–Crippen MR) is 82.3 cm³/mol. The van der Waals surface area contributed by atoms with E-state index >= 15 is 0 Å². The van der Waals surface area contributed by atoms with Gasteiger partial charge in [0.1, 0.15) is 5.69 Å². The number of pyridine rings is 1. The largest absolute Gasteiger partial charge is 0.322 e. The molecule has 1 N–H and O–H groups in total. The molecule has 3 aromatic rings. The summed E-state index contributed by atoms with van der Waals surface area (Å²) in [6.45, 7) is 2.78. The summed E-state index contributed by atoms with van der Waals surface area (Å²) < 4.78 is 3.43. The molecule has 0 atom stereocenters. The highest BCUT2D eigenvalue weighted by atomic mass is 16.1. The van der Waals surface area contributed by atoms with Crippen LogP contribution in [0.3, 0.4) is 0 Å². The van der Waals surface area contributed by atoms with Crippen LogP contribution < -0.4 is 5.32 Å². The van der Waals surface area contributed by atoms with Crippen molar-refractivity contribution in [2.75, 3.05) is 5.32 Å². The Morgan fingerprint density at radius 1 is 1.27 bits per heavy atom. The normalized spacial score (nSPS) is 10.6. The van der Waals surface area contributed by atoms with E-state index in [1.807, 2.05) is 13.1 Å². The second-order valence-corrected chi connectivity index (χ2v) is 4.84. The highest BCUT2D eigenvalue weighted by Crippen LogP contribution is 2.22. The van der Waals surface area contributed by atoms with Crippen molar-refractivity contribution in [2.45, 2.75) is 13.5 Å². The van der Waals surface area contributed by atoms with Crippen molar-refractivity contribution >= 4 is 11.6 Å². The predicted octanol–water partition coefficient (Wildman–Crippen LogP) is 1.95. The number of hydrogen-bond acceptors (Lipinski definition) is 4. The first kappa shape index (κ1) is 14.0. The van der Waals surface area contributed by atoms with Crippen molar-refractivity contribution in [3.63, 3.8) is 0 Å². The summed E-state index contributed by atoms with van der Waals surface area (Å²) in [5.41, 5.74) is 2.64. The number of anilines is 1. The summed E-state index contributed by atoms with van der Waals surface area (Å²) in [6, 6.07) is 3.48. The van der Waals surface area contributed by atoms with E-state index in [-0.39, 0.29) is 5.91 Å². The van der Waals surface area contributed by atoms with Crippen molar-refractivity contribution in [3.05, 3.63) is 48.7 Å². The number of amides is 1. The van der Waals surface area contributed by atoms with E-state index in [0.29, 0.717) is 16.9 Å². The molecule has 1 amide bonds. The lowest BCUT2D eigenvalue weighted by Crippen LogP contribution is -2.12. The topological polar surface area (TPSA) is 77.6 Å². The Morgan fingerprint density at radius 3 is 2.73 bits per heavy atom. The molecular weight excluding hydrogens is 280 g/mol. The summed E-state index contributed by atoms with van der Waals surface area (Å²) in [5, 5.41) is 11.5. The molecular formula is C15H16N6O. The average molecular weight is 296 g/mol. The highest BCUT2D eigenvalue weighted by molar-refractivity contribution is 6.07. The maximum absolute atomic E-state index is 12.5. The molecule has 7 nitrogen and oxygen atoms in total. The summed E-state index contributed by atoms with van der Waals surface area (Å²) >= 11 is 0. The number of nitrogens with one attached hydrogen (secondary N) is 1. The van der Waals surface area contributed by atoms with Crippen LogP contribution in [0.2, 0.25) is 0 Å². The molecule has 0 spiro atoms. The molecule has 0 unspecified atom stereocenters. The second kappa shape index (κ2) is 5.80. The van der Waals surface area contributed by atoms with E-state index < -0.39 is 0 Å². The number of aryl methyl sites for hydroxylation is 2. The van der Waals surface area contributed by atoms with Gasteiger partial charge in [-0.2, -0.15) is 10.2 Å². The fourth-order valence-electron chi connectivity index (χ4n) is 2.16. The van der Waals surface area contributed by atoms with E-state index in [2.05, 4.69) is 20.5 Å². The number of nitrogens with zero attached hydrogens (tertiary/aromatic N) is 5. The van der Waals surface area contributed by atoms with Crippen LogP contribution in [0.15, 0.2) is 43.1 Å². The van der Waals surface area contributed by atoms with Gasteiger partial charge in [0.15, 0.2) is 0 Å². The number of hydrogen-bond donors (Lipinski definition) is 1. The smallest absolute Gasteiger partial charge is 0.259 e. The minimum absolute atomic E-state index is 0.210. The molecule has 112 valence electrons. The molecule has 0 saturated carbocycles. The zero-order valence-electron chi connectivity index (χ0n) is 12.4. The van der Waals surface area contributed by atoms with E-state index in [1.165, 1.54) is 0 Å². The Balaban J connectivity index is 1.92. The van der Waals surface area contributed by atoms with Gasteiger partial charge >= 0.3 is 0 Å². The molecule has 0 radical (unpaired) electrons. The van der Waals surface area contributed by atoms with Crippen LogP contribution in [-0.2, 0) is 13.6 Å². The van der Waals surface area contributed by atoms with Crippen LogP contribution >= 0.6 is 0 Å². The zero-order valence-corrected chi connectivity index (χ0v) is 12.4. The van der Waals surface area contributed by atoms with Crippen LogP contribution in [0.25, 0.3) is 11.3 Å². The van der Waals surface area contributed by atoms with Gasteiger partial charge in [0.2, 0.25) is 0 Å². The van der Waals surface area contributed by atoms with Gasteiger partial charge in [0, 0.05) is 49.6 Å². The van der Waals surface area contributed by atoms with Gasteiger partial charge in [-0.05, 0) is 19.1 Å². The Morgan fingerprint density at radius 2 is 2.05 bits per heavy atom. The first-order valence-corrected chi connectivity index (χ1v) is 6.95. The molecule has 0 bridgehead atoms. The molecule has 3 rings (SSSR count). The van der Waals surface area contributed by atoms with Gasteiger partial charge in [-0.1, -0.05) is 0 Å². The van der Waals surface area contributed by atoms with E-state index in [4.69, 9.17) is 0 Å². The standard InChI is InChI=1S/C15H16N6O/c1-3-21-9-11(8-17-21)14-13(10-20(2)19-14)15(22)18-12-4-6-16-7-5-12/h4-10H,3H2,1-2H3,(H,16,18,22). The molecule has 0 fully saturated rings. The van der Waals surface area contributed by atoms with Crippen LogP contribution in [-0.4, -0.2) is 30.5 Å². The first-order chi connectivity index (χ1) is 10.7. The van der Waals surface area contributed by atoms with Crippen molar-refractivity contribution in [2.24, 2.45) is 7.05 Å². The summed E-state index contributed by atoms with van der Waals surface area (Å²) in [6.07, 6.45) is 8.56. The lowest BCUT2D eigenvalue weighted by atomic mass is 10.1. The number of carbonyl (C=O) groups is 1. The third kappa shape index (κ3) is 2.73. The van der Waals surface area contributed by atoms with Gasteiger partial charge in [0.25, 0.3) is 5.91 Å². The molecule has 22 heavy (non-hydrogen) atoms. The third-order valence-corrected chi connectivity index (χ3v) is 3.24. The quantitative estimate of drug-likeness (QED) is 0.798. The van der Waals surface area contributed by atoms with E-state index in [0.717, 1.165) is 12.1 Å². The number of carbonyl (C=O) groups excluding carboxylic acids is 1. The minimum Gasteiger partial charge on any atom is -0.322 e. The van der Waals surface area contributed by atoms with Gasteiger partial charge in [-0.25, -0.2) is 0 Å². The Kier molecular flexibility index (Phi) is 3.69. The van der Waals surface area contributed by atoms with Gasteiger partial charge in [0.05, 0.1) is 11.8 Å². The van der Waals surface area contributed by atoms with Gasteiger partial charge < -0.3 is 5.32 Å². The van der Waals surface area contributed by atoms with Crippen LogP contribution in [0.5, 0.6) is 0 Å². The molecule has 0 aliphatic carbocycles. The minimum atomic E-state index is -0.210. The number of aromatic nitrogens is 5. The van der Waals surface area contributed by atoms with Crippen molar-refractivity contribution in [1.82, 2.24) is 24.5 Å². The number of rotatable bonds is 4. The summed E-state index contributed by atoms with van der Waals surface area (Å²) in [7, 11) is 1.79. The SMILES string of the molecule is CCn1cc(-c2nn(C)cc2C(=O)Nc2ccncc2)cn1. The Hall–Kier alpha value is -2.96. The third-order valence-electron chi connectivity index (χ3n) is 3.24. The summed E-state index contributed by atoms with van der Waals surface area (Å²) in [4.78, 5) is 16.4. The first-order valence-electron chi connectivity index (χ1n) is 6.95. The van der Waals surface area contributed by atoms with Crippen molar-refractivity contribution < 1.29 is 4.79 Å². The summed E-state index contributed by atoms with van der Waals surface area (Å²) in [5.74, 6) is -0.210. The fourth-order valence-corrected chi connectivity index (χ4v) is 2.16. The molecule has 0 aromatic carbocycles. The Bertz CT molecular complexity index is 789. The van der Waals surface area contributed by atoms with Gasteiger partial charge in [-0.15, -0.1) is 0 Å². The lowest BCUT2D eigenvalue weighted by molar-refractivity contribution is 0.102. The average Bonchev–Trinajstić information content (AvgIpc) is 3.14. The van der Waals surface area contributed by atoms with Crippen LogP contribution in [0.4, 0.5) is 5.69 Å². The maximum atomic E-state index is 12.5. The van der Waals surface area contributed by atoms with E-state index in [9.17, 15) is 4.79 Å². The lowest BCUT2D eigenvalue weighted by Gasteiger charge is -2.03. The molecule has 0 aliphatic heterocycles. The van der Waals surface area contributed by atoms with E-state index in [1.54, 1.807) is 53.3 Å². The van der Waals surface area contributed by atoms with Crippen LogP contribution in [0.1, 0.15) is 17.3 Å².